The molecule has 44 heavy (non-hydrogen) atoms. The summed E-state index contributed by atoms with van der Waals surface area (Å²) >= 11 is 0. The van der Waals surface area contributed by atoms with Gasteiger partial charge in [0.15, 0.2) is 0 Å². The average Bonchev–Trinajstić information content (AvgIpc) is 3.05. The second-order valence-corrected chi connectivity index (χ2v) is 10.1. The smallest absolute Gasteiger partial charge is 0.324 e. The highest BCUT2D eigenvalue weighted by Crippen LogP contribution is 2.16. The van der Waals surface area contributed by atoms with Crippen molar-refractivity contribution in [3.8, 4) is 5.75 Å². The number of nitrogens with one attached hydrogen (secondary N) is 2. The van der Waals surface area contributed by atoms with E-state index in [9.17, 15) is 18.8 Å². The zero-order chi connectivity index (χ0) is 31.3. The summed E-state index contributed by atoms with van der Waals surface area (Å²) in [7, 11) is 0. The maximum Gasteiger partial charge on any atom is 0.324 e. The minimum Gasteiger partial charge on any atom is -0.494 e. The Bertz CT molecular complexity index is 1530. The van der Waals surface area contributed by atoms with Crippen LogP contribution in [0.5, 0.6) is 5.75 Å². The van der Waals surface area contributed by atoms with E-state index in [1.54, 1.807) is 36.4 Å². The van der Waals surface area contributed by atoms with E-state index < -0.39 is 29.7 Å². The highest BCUT2D eigenvalue weighted by atomic mass is 19.1. The number of carbonyl (C=O) groups is 3. The van der Waals surface area contributed by atoms with Gasteiger partial charge in [-0.1, -0.05) is 54.6 Å². The zero-order valence-corrected chi connectivity index (χ0v) is 24.5. The maximum atomic E-state index is 14.3. The monoisotopic (exact) mass is 597 g/mol. The van der Waals surface area contributed by atoms with Gasteiger partial charge in [0.2, 0.25) is 0 Å². The Hall–Kier alpha value is -5.09. The number of urea groups is 1. The molecule has 4 rings (SSSR count). The first-order chi connectivity index (χ1) is 21.4. The van der Waals surface area contributed by atoms with Crippen LogP contribution in [-0.4, -0.2) is 46.9 Å². The Morgan fingerprint density at radius 1 is 0.932 bits per heavy atom. The van der Waals surface area contributed by atoms with Gasteiger partial charge in [0.25, 0.3) is 11.8 Å². The molecule has 0 fully saturated rings. The van der Waals surface area contributed by atoms with Gasteiger partial charge in [-0.25, -0.2) is 9.18 Å². The Balaban J connectivity index is 1.59. The van der Waals surface area contributed by atoms with Crippen molar-refractivity contribution in [2.75, 3.05) is 13.2 Å². The minimum atomic E-state index is -1.07. The van der Waals surface area contributed by atoms with Crippen LogP contribution in [0.15, 0.2) is 97.3 Å². The lowest BCUT2D eigenvalue weighted by Gasteiger charge is -2.27. The number of ether oxygens (including phenoxy) is 1. The lowest BCUT2D eigenvalue weighted by molar-refractivity contribution is -0.130. The van der Waals surface area contributed by atoms with Gasteiger partial charge in [0.1, 0.15) is 17.6 Å². The molecule has 1 atom stereocenters. The summed E-state index contributed by atoms with van der Waals surface area (Å²) in [6.07, 6.45) is 3.50. The summed E-state index contributed by atoms with van der Waals surface area (Å²) in [5.41, 5.74) is 8.46. The van der Waals surface area contributed by atoms with E-state index in [0.717, 1.165) is 16.0 Å². The van der Waals surface area contributed by atoms with Crippen LogP contribution in [0, 0.1) is 5.82 Å². The first-order valence-electron chi connectivity index (χ1n) is 14.4. The highest BCUT2D eigenvalue weighted by Gasteiger charge is 2.30. The summed E-state index contributed by atoms with van der Waals surface area (Å²) in [6, 6.07) is 22.6. The van der Waals surface area contributed by atoms with Crippen molar-refractivity contribution >= 4 is 17.8 Å². The van der Waals surface area contributed by atoms with Gasteiger partial charge in [0, 0.05) is 49.6 Å². The lowest BCUT2D eigenvalue weighted by Crippen LogP contribution is -2.54. The molecule has 0 bridgehead atoms. The van der Waals surface area contributed by atoms with Crippen LogP contribution in [-0.2, 0) is 30.7 Å². The number of amides is 4. The third-order valence-electron chi connectivity index (χ3n) is 6.98. The molecular weight excluding hydrogens is 561 g/mol. The quantitative estimate of drug-likeness (QED) is 0.210. The molecule has 0 aliphatic carbocycles. The fourth-order valence-corrected chi connectivity index (χ4v) is 4.59. The Kier molecular flexibility index (Phi) is 11.5. The van der Waals surface area contributed by atoms with Crippen molar-refractivity contribution < 1.29 is 23.5 Å². The van der Waals surface area contributed by atoms with Crippen LogP contribution in [0.25, 0.3) is 0 Å². The van der Waals surface area contributed by atoms with Gasteiger partial charge in [0.05, 0.1) is 6.61 Å². The third-order valence-corrected chi connectivity index (χ3v) is 6.98. The fourth-order valence-electron chi connectivity index (χ4n) is 4.59. The molecule has 3 aromatic carbocycles. The number of rotatable bonds is 13. The third kappa shape index (κ3) is 8.95. The number of halogens is 1. The number of pyridine rings is 1. The fraction of sp³-hybridized carbons (Fsp3) is 0.235. The van der Waals surface area contributed by atoms with E-state index in [1.807, 2.05) is 49.4 Å². The molecule has 0 saturated carbocycles. The molecule has 0 unspecified atom stereocenters. The molecule has 0 aliphatic heterocycles. The van der Waals surface area contributed by atoms with E-state index in [1.165, 1.54) is 18.5 Å². The number of imide groups is 1. The van der Waals surface area contributed by atoms with E-state index in [4.69, 9.17) is 10.5 Å². The number of aromatic nitrogens is 1. The first kappa shape index (κ1) is 31.8. The van der Waals surface area contributed by atoms with Gasteiger partial charge in [-0.05, 0) is 60.4 Å². The van der Waals surface area contributed by atoms with Crippen molar-refractivity contribution in [2.45, 2.75) is 38.9 Å². The predicted molar refractivity (Wildman–Crippen MR) is 165 cm³/mol. The molecular formula is C34H36FN5O4. The topological polar surface area (TPSA) is 127 Å². The standard InChI is InChI=1S/C34H36FN5O4/c1-2-44-29-12-9-25(10-13-29)21-31(39-32(41)27-14-17-37-18-15-27)33(42)40(19-16-24-6-4-3-5-7-24)34(43)38-23-26-8-11-28(22-36)30(35)20-26/h3-15,17-18,20,31H,2,16,19,21-23,36H2,1H3,(H,38,43)(H,39,41)/t31-/m1/s1. The second-order valence-electron chi connectivity index (χ2n) is 10.1. The van der Waals surface area contributed by atoms with Crippen LogP contribution < -0.4 is 21.1 Å². The van der Waals surface area contributed by atoms with Crippen LogP contribution in [0.1, 0.15) is 39.5 Å². The Morgan fingerprint density at radius 3 is 2.30 bits per heavy atom. The Morgan fingerprint density at radius 2 is 1.64 bits per heavy atom. The van der Waals surface area contributed by atoms with E-state index in [0.29, 0.717) is 35.5 Å². The average molecular weight is 598 g/mol. The van der Waals surface area contributed by atoms with Gasteiger partial charge in [-0.2, -0.15) is 0 Å². The van der Waals surface area contributed by atoms with Crippen LogP contribution in [0.4, 0.5) is 9.18 Å². The maximum absolute atomic E-state index is 14.3. The van der Waals surface area contributed by atoms with E-state index in [-0.39, 0.29) is 26.1 Å². The zero-order valence-electron chi connectivity index (χ0n) is 24.5. The first-order valence-corrected chi connectivity index (χ1v) is 14.4. The molecule has 0 aliphatic rings. The largest absolute Gasteiger partial charge is 0.494 e. The van der Waals surface area contributed by atoms with Gasteiger partial charge >= 0.3 is 6.03 Å². The number of nitrogens with two attached hydrogens (primary N) is 1. The molecule has 4 aromatic rings. The molecule has 1 aromatic heterocycles. The van der Waals surface area contributed by atoms with E-state index >= 15 is 0 Å². The van der Waals surface area contributed by atoms with Crippen LogP contribution >= 0.6 is 0 Å². The summed E-state index contributed by atoms with van der Waals surface area (Å²) in [6.45, 7) is 2.50. The summed E-state index contributed by atoms with van der Waals surface area (Å²) in [4.78, 5) is 45.9. The van der Waals surface area contributed by atoms with Crippen molar-refractivity contribution in [3.63, 3.8) is 0 Å². The number of hydrogen-bond donors (Lipinski definition) is 3. The van der Waals surface area contributed by atoms with E-state index in [2.05, 4.69) is 15.6 Å². The number of benzene rings is 3. The van der Waals surface area contributed by atoms with Crippen molar-refractivity contribution in [3.05, 3.63) is 131 Å². The molecule has 0 radical (unpaired) electrons. The Labute approximate surface area is 256 Å². The lowest BCUT2D eigenvalue weighted by atomic mass is 10.0. The van der Waals surface area contributed by atoms with Gasteiger partial charge in [-0.15, -0.1) is 0 Å². The molecule has 0 saturated heterocycles. The molecule has 10 heteroatoms. The normalized spacial score (nSPS) is 11.3. The summed E-state index contributed by atoms with van der Waals surface area (Å²) < 4.78 is 19.8. The van der Waals surface area contributed by atoms with Crippen molar-refractivity contribution in [1.29, 1.82) is 0 Å². The predicted octanol–water partition coefficient (Wildman–Crippen LogP) is 4.40. The van der Waals surface area contributed by atoms with Crippen molar-refractivity contribution in [2.24, 2.45) is 5.73 Å². The molecule has 4 N–H and O–H groups in total. The summed E-state index contributed by atoms with van der Waals surface area (Å²) in [5.74, 6) is -0.847. The molecule has 9 nitrogen and oxygen atoms in total. The van der Waals surface area contributed by atoms with Crippen LogP contribution in [0.2, 0.25) is 0 Å². The highest BCUT2D eigenvalue weighted by molar-refractivity contribution is 6.01. The van der Waals surface area contributed by atoms with Crippen LogP contribution in [0.3, 0.4) is 0 Å². The SMILES string of the molecule is CCOc1ccc(C[C@@H](NC(=O)c2ccncc2)C(=O)N(CCc2ccccc2)C(=O)NCc2ccc(CN)c(F)c2)cc1. The van der Waals surface area contributed by atoms with Gasteiger partial charge in [-0.3, -0.25) is 19.5 Å². The molecule has 1 heterocycles. The summed E-state index contributed by atoms with van der Waals surface area (Å²) in [5, 5.41) is 5.56. The second kappa shape index (κ2) is 15.9. The number of hydrogen-bond acceptors (Lipinski definition) is 6. The number of nitrogens with zero attached hydrogens (tertiary/aromatic N) is 2. The van der Waals surface area contributed by atoms with Crippen molar-refractivity contribution in [1.82, 2.24) is 20.5 Å². The molecule has 0 spiro atoms. The molecule has 4 amide bonds. The van der Waals surface area contributed by atoms with Gasteiger partial charge < -0.3 is 21.1 Å². The minimum absolute atomic E-state index is 0.0113. The molecule has 228 valence electrons. The number of carbonyl (C=O) groups excluding carboxylic acids is 3.